The number of hydrogen-bond donors (Lipinski definition) is 1. The molecule has 1 atom stereocenters. The molecule has 2 fully saturated rings. The molecule has 0 radical (unpaired) electrons. The topological polar surface area (TPSA) is 60.9 Å². The van der Waals surface area contributed by atoms with Gasteiger partial charge in [0.05, 0.1) is 18.2 Å². The van der Waals surface area contributed by atoms with Gasteiger partial charge in [-0.05, 0) is 69.1 Å². The Kier molecular flexibility index (Phi) is 8.09. The predicted octanol–water partition coefficient (Wildman–Crippen LogP) is 4.56. The van der Waals surface area contributed by atoms with Gasteiger partial charge >= 0.3 is 0 Å². The van der Waals surface area contributed by atoms with E-state index < -0.39 is 0 Å². The highest BCUT2D eigenvalue weighted by molar-refractivity contribution is 6.07. The third-order valence-electron chi connectivity index (χ3n) is 7.84. The zero-order valence-electron chi connectivity index (χ0n) is 22.2. The Labute approximate surface area is 220 Å². The van der Waals surface area contributed by atoms with Crippen LogP contribution < -0.4 is 19.9 Å². The first kappa shape index (κ1) is 25.3. The molecule has 2 aromatic carbocycles. The summed E-state index contributed by atoms with van der Waals surface area (Å²) in [6.07, 6.45) is 4.88. The fourth-order valence-electron chi connectivity index (χ4n) is 5.57. The largest absolute Gasteiger partial charge is 0.497 e. The quantitative estimate of drug-likeness (QED) is 0.457. The lowest BCUT2D eigenvalue weighted by Crippen LogP contribution is -2.47. The summed E-state index contributed by atoms with van der Waals surface area (Å²) in [6, 6.07) is 18.8. The highest BCUT2D eigenvalue weighted by Gasteiger charge is 2.22. The minimum Gasteiger partial charge on any atom is -0.497 e. The number of carbonyl (C=O) groups excluding carboxylic acids is 1. The molecule has 3 aromatic rings. The zero-order chi connectivity index (χ0) is 25.6. The maximum atomic E-state index is 13.3. The van der Waals surface area contributed by atoms with Gasteiger partial charge in [0.2, 0.25) is 0 Å². The van der Waals surface area contributed by atoms with Crippen molar-refractivity contribution in [2.75, 3.05) is 62.7 Å². The average molecular weight is 502 g/mol. The number of amides is 1. The van der Waals surface area contributed by atoms with E-state index in [9.17, 15) is 4.79 Å². The van der Waals surface area contributed by atoms with Crippen LogP contribution in [-0.4, -0.2) is 74.8 Å². The number of likely N-dealkylation sites (tertiary alicyclic amines) is 1. The Morgan fingerprint density at radius 1 is 1.00 bits per heavy atom. The van der Waals surface area contributed by atoms with Crippen molar-refractivity contribution < 1.29 is 9.53 Å². The summed E-state index contributed by atoms with van der Waals surface area (Å²) < 4.78 is 5.29. The van der Waals surface area contributed by atoms with Gasteiger partial charge in [-0.15, -0.1) is 0 Å². The molecule has 2 saturated heterocycles. The van der Waals surface area contributed by atoms with Crippen molar-refractivity contribution in [1.29, 1.82) is 0 Å². The first-order chi connectivity index (χ1) is 18.1. The van der Waals surface area contributed by atoms with E-state index in [1.54, 1.807) is 7.11 Å². The molecule has 2 aliphatic heterocycles. The van der Waals surface area contributed by atoms with E-state index >= 15 is 0 Å². The van der Waals surface area contributed by atoms with Crippen molar-refractivity contribution in [2.24, 2.45) is 0 Å². The van der Waals surface area contributed by atoms with Crippen molar-refractivity contribution in [3.63, 3.8) is 0 Å². The number of ether oxygens (including phenoxy) is 1. The first-order valence-corrected chi connectivity index (χ1v) is 13.7. The number of anilines is 2. The van der Waals surface area contributed by atoms with E-state index in [0.29, 0.717) is 18.2 Å². The second-order valence-electron chi connectivity index (χ2n) is 10.2. The highest BCUT2D eigenvalue weighted by Crippen LogP contribution is 2.26. The van der Waals surface area contributed by atoms with Crippen LogP contribution in [0, 0.1) is 0 Å². The fraction of sp³-hybridized carbons (Fsp3) is 0.467. The van der Waals surface area contributed by atoms with Crippen molar-refractivity contribution in [3.05, 3.63) is 60.2 Å². The number of rotatable bonds is 8. The molecular weight excluding hydrogens is 462 g/mol. The summed E-state index contributed by atoms with van der Waals surface area (Å²) >= 11 is 0. The van der Waals surface area contributed by atoms with Gasteiger partial charge in [0.1, 0.15) is 11.6 Å². The number of methoxy groups -OCH3 is 1. The third kappa shape index (κ3) is 5.99. The highest BCUT2D eigenvalue weighted by atomic mass is 16.5. The van der Waals surface area contributed by atoms with E-state index in [-0.39, 0.29) is 5.91 Å². The molecule has 0 saturated carbocycles. The van der Waals surface area contributed by atoms with Gasteiger partial charge in [-0.1, -0.05) is 24.6 Å². The van der Waals surface area contributed by atoms with Gasteiger partial charge in [0.15, 0.2) is 0 Å². The van der Waals surface area contributed by atoms with Crippen molar-refractivity contribution in [1.82, 2.24) is 15.2 Å². The molecule has 1 aromatic heterocycles. The van der Waals surface area contributed by atoms with Gasteiger partial charge in [-0.2, -0.15) is 0 Å². The number of hydrogen-bond acceptors (Lipinski definition) is 6. The van der Waals surface area contributed by atoms with Crippen LogP contribution >= 0.6 is 0 Å². The number of aromatic nitrogens is 1. The lowest BCUT2D eigenvalue weighted by atomic mass is 10.0. The summed E-state index contributed by atoms with van der Waals surface area (Å²) in [4.78, 5) is 25.5. The van der Waals surface area contributed by atoms with Gasteiger partial charge in [0, 0.05) is 56.4 Å². The van der Waals surface area contributed by atoms with Gasteiger partial charge in [-0.3, -0.25) is 4.79 Å². The van der Waals surface area contributed by atoms with Crippen molar-refractivity contribution >= 4 is 28.3 Å². The SMILES string of the molecule is COc1ccc(N2CCN(c3cc(C(=O)NCCCN4CCCC[C@@H]4C)c4ccccc4n3)CC2)cc1. The third-order valence-corrected chi connectivity index (χ3v) is 7.84. The number of piperazine rings is 1. The molecule has 0 aliphatic carbocycles. The summed E-state index contributed by atoms with van der Waals surface area (Å²) in [5.74, 6) is 1.73. The second kappa shape index (κ2) is 11.8. The molecule has 7 nitrogen and oxygen atoms in total. The molecule has 3 heterocycles. The minimum atomic E-state index is -0.0107. The molecule has 0 bridgehead atoms. The summed E-state index contributed by atoms with van der Waals surface area (Å²) in [6.45, 7) is 8.74. The molecule has 1 amide bonds. The summed E-state index contributed by atoms with van der Waals surface area (Å²) in [5.41, 5.74) is 2.78. The summed E-state index contributed by atoms with van der Waals surface area (Å²) in [7, 11) is 1.69. The van der Waals surface area contributed by atoms with Crippen LogP contribution in [0.3, 0.4) is 0 Å². The first-order valence-electron chi connectivity index (χ1n) is 13.7. The normalized spacial score (nSPS) is 18.7. The molecule has 0 spiro atoms. The summed E-state index contributed by atoms with van der Waals surface area (Å²) in [5, 5.41) is 4.09. The monoisotopic (exact) mass is 501 g/mol. The Morgan fingerprint density at radius 3 is 2.51 bits per heavy atom. The number of benzene rings is 2. The maximum absolute atomic E-state index is 13.3. The average Bonchev–Trinajstić information content (AvgIpc) is 2.95. The molecule has 5 rings (SSSR count). The molecule has 0 unspecified atom stereocenters. The Morgan fingerprint density at radius 2 is 1.76 bits per heavy atom. The Hall–Kier alpha value is -3.32. The van der Waals surface area contributed by atoms with Crippen LogP contribution in [0.2, 0.25) is 0 Å². The van der Waals surface area contributed by atoms with Crippen molar-refractivity contribution in [2.45, 2.75) is 38.6 Å². The fourth-order valence-corrected chi connectivity index (χ4v) is 5.57. The van der Waals surface area contributed by atoms with E-state index in [4.69, 9.17) is 9.72 Å². The molecule has 1 N–H and O–H groups in total. The molecule has 7 heteroatoms. The van der Waals surface area contributed by atoms with Gasteiger partial charge < -0.3 is 24.8 Å². The number of nitrogens with one attached hydrogen (secondary N) is 1. The van der Waals surface area contributed by atoms with Crippen LogP contribution in [-0.2, 0) is 0 Å². The number of nitrogens with zero attached hydrogens (tertiary/aromatic N) is 4. The number of pyridine rings is 1. The second-order valence-corrected chi connectivity index (χ2v) is 10.2. The Bertz CT molecular complexity index is 1190. The van der Waals surface area contributed by atoms with Crippen LogP contribution in [0.5, 0.6) is 5.75 Å². The predicted molar refractivity (Wildman–Crippen MR) is 151 cm³/mol. The molecular formula is C30H39N5O2. The van der Waals surface area contributed by atoms with Crippen LogP contribution in [0.15, 0.2) is 54.6 Å². The van der Waals surface area contributed by atoms with Crippen molar-refractivity contribution in [3.8, 4) is 5.75 Å². The van der Waals surface area contributed by atoms with E-state index in [2.05, 4.69) is 39.1 Å². The van der Waals surface area contributed by atoms with E-state index in [0.717, 1.165) is 61.6 Å². The number of para-hydroxylation sites is 1. The number of carbonyl (C=O) groups is 1. The standard InChI is InChI=1S/C30H39N5O2/c1-23-8-5-6-16-33(23)17-7-15-31-30(36)27-22-29(32-28-10-4-3-9-26(27)28)35-20-18-34(19-21-35)24-11-13-25(37-2)14-12-24/h3-4,9-14,22-23H,5-8,15-21H2,1-2H3,(H,31,36)/t23-/m0/s1. The maximum Gasteiger partial charge on any atom is 0.252 e. The van der Waals surface area contributed by atoms with E-state index in [1.807, 2.05) is 42.5 Å². The van der Waals surface area contributed by atoms with Gasteiger partial charge in [0.25, 0.3) is 5.91 Å². The molecule has 37 heavy (non-hydrogen) atoms. The lowest BCUT2D eigenvalue weighted by molar-refractivity contribution is 0.0950. The number of fused-ring (bicyclic) bond motifs is 1. The number of piperidine rings is 1. The molecule has 2 aliphatic rings. The zero-order valence-corrected chi connectivity index (χ0v) is 22.2. The smallest absolute Gasteiger partial charge is 0.252 e. The van der Waals surface area contributed by atoms with E-state index in [1.165, 1.54) is 31.5 Å². The Balaban J connectivity index is 1.23. The minimum absolute atomic E-state index is 0.0107. The van der Waals surface area contributed by atoms with Crippen LogP contribution in [0.4, 0.5) is 11.5 Å². The van der Waals surface area contributed by atoms with Gasteiger partial charge in [-0.25, -0.2) is 4.98 Å². The van der Waals surface area contributed by atoms with Crippen LogP contribution in [0.1, 0.15) is 43.0 Å². The molecule has 196 valence electrons. The lowest BCUT2D eigenvalue weighted by Gasteiger charge is -2.37. The van der Waals surface area contributed by atoms with Crippen LogP contribution in [0.25, 0.3) is 10.9 Å².